The first-order chi connectivity index (χ1) is 8.66. The summed E-state index contributed by atoms with van der Waals surface area (Å²) < 4.78 is 13.4. The van der Waals surface area contributed by atoms with Gasteiger partial charge >= 0.3 is 5.97 Å². The molecule has 0 radical (unpaired) electrons. The Balaban J connectivity index is 2.17. The summed E-state index contributed by atoms with van der Waals surface area (Å²) in [5.74, 6) is 4.63. The van der Waals surface area contributed by atoms with Crippen LogP contribution in [0, 0.1) is 11.8 Å². The second-order valence-corrected chi connectivity index (χ2v) is 3.89. The highest BCUT2D eigenvalue weighted by Crippen LogP contribution is 2.15. The molecule has 0 amide bonds. The van der Waals surface area contributed by atoms with E-state index in [1.807, 2.05) is 0 Å². The number of benzene rings is 1. The van der Waals surface area contributed by atoms with Crippen molar-refractivity contribution >= 4 is 5.97 Å². The topological polar surface area (TPSA) is 37.3 Å². The number of alkyl halides is 1. The van der Waals surface area contributed by atoms with E-state index in [4.69, 9.17) is 5.11 Å². The van der Waals surface area contributed by atoms with Crippen molar-refractivity contribution in [2.75, 3.05) is 0 Å². The van der Waals surface area contributed by atoms with Gasteiger partial charge in [-0.3, -0.25) is 0 Å². The van der Waals surface area contributed by atoms with E-state index in [-0.39, 0.29) is 5.56 Å². The van der Waals surface area contributed by atoms with E-state index in [0.717, 1.165) is 0 Å². The van der Waals surface area contributed by atoms with Crippen molar-refractivity contribution in [3.63, 3.8) is 0 Å². The average molecular weight is 242 g/mol. The monoisotopic (exact) mass is 242 g/mol. The third-order valence-corrected chi connectivity index (χ3v) is 2.58. The fourth-order valence-electron chi connectivity index (χ4n) is 1.56. The minimum absolute atomic E-state index is 0.212. The number of hydrogen-bond donors (Lipinski definition) is 1. The van der Waals surface area contributed by atoms with Gasteiger partial charge in [0.2, 0.25) is 0 Å². The number of aromatic carboxylic acids is 1. The van der Waals surface area contributed by atoms with Gasteiger partial charge < -0.3 is 5.11 Å². The summed E-state index contributed by atoms with van der Waals surface area (Å²) in [6.45, 7) is 0. The Morgan fingerprint density at radius 3 is 2.61 bits per heavy atom. The fraction of sp³-hybridized carbons (Fsp3) is 0.133. The molecule has 1 atom stereocenters. The fourth-order valence-corrected chi connectivity index (χ4v) is 1.56. The van der Waals surface area contributed by atoms with Crippen LogP contribution in [0.3, 0.4) is 0 Å². The van der Waals surface area contributed by atoms with Gasteiger partial charge in [0, 0.05) is 17.6 Å². The third kappa shape index (κ3) is 2.86. The molecule has 2 nitrogen and oxygen atoms in total. The van der Waals surface area contributed by atoms with Crippen LogP contribution in [0.5, 0.6) is 0 Å². The van der Waals surface area contributed by atoms with Gasteiger partial charge in [0.25, 0.3) is 0 Å². The molecule has 3 heteroatoms. The summed E-state index contributed by atoms with van der Waals surface area (Å²) >= 11 is 0. The summed E-state index contributed by atoms with van der Waals surface area (Å²) in [4.78, 5) is 10.7. The molecule has 0 heterocycles. The molecular weight excluding hydrogens is 231 g/mol. The number of carboxylic acid groups (broad SMARTS) is 1. The largest absolute Gasteiger partial charge is 0.478 e. The predicted octanol–water partition coefficient (Wildman–Crippen LogP) is 2.96. The first-order valence-electron chi connectivity index (χ1n) is 5.53. The number of carboxylic acids is 1. The number of rotatable bonds is 1. The Morgan fingerprint density at radius 2 is 2.00 bits per heavy atom. The van der Waals surface area contributed by atoms with Crippen LogP contribution >= 0.6 is 0 Å². The SMILES string of the molecule is O=C(O)c1ccc(C#CC2=CC=CCC2F)cc1. The number of hydrogen-bond acceptors (Lipinski definition) is 1. The average Bonchev–Trinajstić information content (AvgIpc) is 2.38. The zero-order valence-electron chi connectivity index (χ0n) is 9.56. The highest BCUT2D eigenvalue weighted by atomic mass is 19.1. The molecule has 0 saturated carbocycles. The summed E-state index contributed by atoms with van der Waals surface area (Å²) in [5, 5.41) is 8.74. The molecule has 0 aliphatic heterocycles. The summed E-state index contributed by atoms with van der Waals surface area (Å²) in [6, 6.07) is 6.19. The lowest BCUT2D eigenvalue weighted by atomic mass is 10.0. The summed E-state index contributed by atoms with van der Waals surface area (Å²) in [6.07, 6.45) is 4.52. The van der Waals surface area contributed by atoms with Crippen LogP contribution in [0.25, 0.3) is 0 Å². The minimum Gasteiger partial charge on any atom is -0.478 e. The molecule has 1 aromatic rings. The molecule has 90 valence electrons. The predicted molar refractivity (Wildman–Crippen MR) is 67.0 cm³/mol. The molecular formula is C15H11FO2. The third-order valence-electron chi connectivity index (χ3n) is 2.58. The van der Waals surface area contributed by atoms with Crippen LogP contribution in [0.2, 0.25) is 0 Å². The van der Waals surface area contributed by atoms with Crippen molar-refractivity contribution in [2.24, 2.45) is 0 Å². The second-order valence-electron chi connectivity index (χ2n) is 3.89. The van der Waals surface area contributed by atoms with Gasteiger partial charge in [-0.2, -0.15) is 0 Å². The maximum absolute atomic E-state index is 13.4. The Morgan fingerprint density at radius 1 is 1.28 bits per heavy atom. The van der Waals surface area contributed by atoms with E-state index in [2.05, 4.69) is 11.8 Å². The first-order valence-corrected chi connectivity index (χ1v) is 5.53. The van der Waals surface area contributed by atoms with Crippen molar-refractivity contribution in [3.8, 4) is 11.8 Å². The number of halogens is 1. The van der Waals surface area contributed by atoms with Gasteiger partial charge in [0.15, 0.2) is 0 Å². The first kappa shape index (κ1) is 12.1. The molecule has 1 N–H and O–H groups in total. The Labute approximate surface area is 104 Å². The minimum atomic E-state index is -1.04. The normalized spacial score (nSPS) is 17.6. The highest BCUT2D eigenvalue weighted by molar-refractivity contribution is 5.87. The van der Waals surface area contributed by atoms with Crippen molar-refractivity contribution in [2.45, 2.75) is 12.6 Å². The van der Waals surface area contributed by atoms with E-state index in [9.17, 15) is 9.18 Å². The van der Waals surface area contributed by atoms with Crippen LogP contribution in [-0.4, -0.2) is 17.2 Å². The number of carbonyl (C=O) groups is 1. The Kier molecular flexibility index (Phi) is 3.59. The van der Waals surface area contributed by atoms with Crippen molar-refractivity contribution in [3.05, 3.63) is 59.2 Å². The van der Waals surface area contributed by atoms with Gasteiger partial charge in [-0.05, 0) is 30.3 Å². The maximum Gasteiger partial charge on any atom is 0.335 e. The van der Waals surface area contributed by atoms with Crippen LogP contribution < -0.4 is 0 Å². The van der Waals surface area contributed by atoms with Gasteiger partial charge in [-0.1, -0.05) is 24.0 Å². The van der Waals surface area contributed by atoms with Gasteiger partial charge in [0.1, 0.15) is 6.17 Å². The molecule has 1 aliphatic carbocycles. The number of allylic oxidation sites excluding steroid dienone is 4. The van der Waals surface area contributed by atoms with E-state index < -0.39 is 12.1 Å². The lowest BCUT2D eigenvalue weighted by molar-refractivity contribution is 0.0697. The summed E-state index contributed by atoms with van der Waals surface area (Å²) in [7, 11) is 0. The molecule has 1 aromatic carbocycles. The van der Waals surface area contributed by atoms with Crippen LogP contribution in [0.1, 0.15) is 22.3 Å². The lowest BCUT2D eigenvalue weighted by Crippen LogP contribution is -2.03. The zero-order valence-corrected chi connectivity index (χ0v) is 9.56. The van der Waals surface area contributed by atoms with E-state index in [1.165, 1.54) is 12.1 Å². The van der Waals surface area contributed by atoms with Crippen molar-refractivity contribution < 1.29 is 14.3 Å². The molecule has 0 spiro atoms. The molecule has 1 aliphatic rings. The highest BCUT2D eigenvalue weighted by Gasteiger charge is 2.10. The molecule has 1 unspecified atom stereocenters. The van der Waals surface area contributed by atoms with Crippen LogP contribution in [-0.2, 0) is 0 Å². The summed E-state index contributed by atoms with van der Waals surface area (Å²) in [5.41, 5.74) is 1.34. The molecule has 0 aromatic heterocycles. The molecule has 18 heavy (non-hydrogen) atoms. The van der Waals surface area contributed by atoms with Gasteiger partial charge in [0.05, 0.1) is 5.56 Å². The van der Waals surface area contributed by atoms with E-state index >= 15 is 0 Å². The maximum atomic E-state index is 13.4. The smallest absolute Gasteiger partial charge is 0.335 e. The second kappa shape index (κ2) is 5.33. The van der Waals surface area contributed by atoms with Gasteiger partial charge in [-0.15, -0.1) is 0 Å². The Hall–Kier alpha value is -2.34. The molecule has 0 bridgehead atoms. The lowest BCUT2D eigenvalue weighted by Gasteiger charge is -2.07. The van der Waals surface area contributed by atoms with E-state index in [1.54, 1.807) is 30.4 Å². The van der Waals surface area contributed by atoms with Crippen LogP contribution in [0.4, 0.5) is 4.39 Å². The van der Waals surface area contributed by atoms with Crippen molar-refractivity contribution in [1.29, 1.82) is 0 Å². The standard InChI is InChI=1S/C15H11FO2/c16-14-4-2-1-3-12(14)8-5-11-6-9-13(10-7-11)15(17)18/h1-3,6-7,9-10,14H,4H2,(H,17,18). The molecule has 0 fully saturated rings. The van der Waals surface area contributed by atoms with E-state index in [0.29, 0.717) is 17.6 Å². The van der Waals surface area contributed by atoms with Crippen molar-refractivity contribution in [1.82, 2.24) is 0 Å². The van der Waals surface area contributed by atoms with Gasteiger partial charge in [-0.25, -0.2) is 9.18 Å². The molecule has 2 rings (SSSR count). The molecule has 0 saturated heterocycles. The Bertz CT molecular complexity index is 571. The zero-order chi connectivity index (χ0) is 13.0. The van der Waals surface area contributed by atoms with Crippen LogP contribution in [0.15, 0.2) is 48.1 Å². The quantitative estimate of drug-likeness (QED) is 0.769.